The normalized spacial score (nSPS) is 20.2. The standard InChI is InChI=1S/C14H14F2N2O2/c1-8(12-9(15)4-2-5-10(12)16)13-17-14(20-18-13)11-6-3-7-19-11/h2,4-5,8,11H,3,6-7H2,1H3/t8-,11-/m0/s1. The van der Waals surface area contributed by atoms with Gasteiger partial charge in [-0.05, 0) is 25.0 Å². The summed E-state index contributed by atoms with van der Waals surface area (Å²) in [7, 11) is 0. The van der Waals surface area contributed by atoms with E-state index in [-0.39, 0.29) is 17.5 Å². The molecule has 1 fully saturated rings. The fourth-order valence-corrected chi connectivity index (χ4v) is 2.38. The van der Waals surface area contributed by atoms with Crippen molar-refractivity contribution < 1.29 is 18.0 Å². The summed E-state index contributed by atoms with van der Waals surface area (Å²) in [6, 6.07) is 3.76. The number of hydrogen-bond donors (Lipinski definition) is 0. The molecule has 1 aliphatic rings. The summed E-state index contributed by atoms with van der Waals surface area (Å²) in [5.41, 5.74) is -0.0489. The minimum Gasteiger partial charge on any atom is -0.368 e. The van der Waals surface area contributed by atoms with Crippen LogP contribution in [0, 0.1) is 11.6 Å². The smallest absolute Gasteiger partial charge is 0.255 e. The first-order valence-corrected chi connectivity index (χ1v) is 6.56. The van der Waals surface area contributed by atoms with Crippen molar-refractivity contribution in [3.05, 3.63) is 47.1 Å². The lowest BCUT2D eigenvalue weighted by Crippen LogP contribution is -2.05. The number of rotatable bonds is 3. The fraction of sp³-hybridized carbons (Fsp3) is 0.429. The Morgan fingerprint density at radius 1 is 1.30 bits per heavy atom. The molecule has 1 aliphatic heterocycles. The van der Waals surface area contributed by atoms with E-state index < -0.39 is 17.6 Å². The maximum Gasteiger partial charge on any atom is 0.255 e. The molecule has 3 rings (SSSR count). The summed E-state index contributed by atoms with van der Waals surface area (Å²) in [4.78, 5) is 4.21. The minimum absolute atomic E-state index is 0.0489. The van der Waals surface area contributed by atoms with Crippen molar-refractivity contribution in [2.75, 3.05) is 6.61 Å². The molecule has 0 spiro atoms. The van der Waals surface area contributed by atoms with Gasteiger partial charge in [0, 0.05) is 12.2 Å². The topological polar surface area (TPSA) is 48.2 Å². The largest absolute Gasteiger partial charge is 0.368 e. The van der Waals surface area contributed by atoms with Crippen molar-refractivity contribution >= 4 is 0 Å². The van der Waals surface area contributed by atoms with E-state index in [1.807, 2.05) is 0 Å². The van der Waals surface area contributed by atoms with Gasteiger partial charge >= 0.3 is 0 Å². The average molecular weight is 280 g/mol. The van der Waals surface area contributed by atoms with Crippen LogP contribution in [0.2, 0.25) is 0 Å². The number of benzene rings is 1. The Morgan fingerprint density at radius 3 is 2.70 bits per heavy atom. The Bertz CT molecular complexity index is 589. The van der Waals surface area contributed by atoms with E-state index in [0.717, 1.165) is 12.8 Å². The number of nitrogens with zero attached hydrogens (tertiary/aromatic N) is 2. The molecule has 0 amide bonds. The molecule has 4 nitrogen and oxygen atoms in total. The first-order valence-electron chi connectivity index (χ1n) is 6.56. The average Bonchev–Trinajstić information content (AvgIpc) is 3.09. The summed E-state index contributed by atoms with van der Waals surface area (Å²) >= 11 is 0. The van der Waals surface area contributed by atoms with Crippen LogP contribution in [-0.2, 0) is 4.74 Å². The Hall–Kier alpha value is -1.82. The van der Waals surface area contributed by atoms with Gasteiger partial charge < -0.3 is 9.26 Å². The predicted octanol–water partition coefficient (Wildman–Crippen LogP) is 3.35. The highest BCUT2D eigenvalue weighted by atomic mass is 19.1. The minimum atomic E-state index is -0.616. The third kappa shape index (κ3) is 2.31. The van der Waals surface area contributed by atoms with E-state index in [1.165, 1.54) is 18.2 Å². The summed E-state index contributed by atoms with van der Waals surface area (Å²) in [6.07, 6.45) is 1.57. The van der Waals surface area contributed by atoms with Gasteiger partial charge in [0.1, 0.15) is 17.7 Å². The lowest BCUT2D eigenvalue weighted by Gasteiger charge is -2.09. The maximum atomic E-state index is 13.7. The van der Waals surface area contributed by atoms with Crippen molar-refractivity contribution in [3.63, 3.8) is 0 Å². The molecule has 2 aromatic rings. The highest BCUT2D eigenvalue weighted by Gasteiger charge is 2.27. The zero-order valence-corrected chi connectivity index (χ0v) is 11.0. The van der Waals surface area contributed by atoms with Gasteiger partial charge in [0.2, 0.25) is 0 Å². The summed E-state index contributed by atoms with van der Waals surface area (Å²) in [6.45, 7) is 2.31. The van der Waals surface area contributed by atoms with Crippen molar-refractivity contribution in [1.82, 2.24) is 10.1 Å². The number of ether oxygens (including phenoxy) is 1. The lowest BCUT2D eigenvalue weighted by molar-refractivity contribution is 0.0835. The van der Waals surface area contributed by atoms with E-state index in [2.05, 4.69) is 10.1 Å². The molecular weight excluding hydrogens is 266 g/mol. The van der Waals surface area contributed by atoms with Crippen LogP contribution < -0.4 is 0 Å². The third-order valence-electron chi connectivity index (χ3n) is 3.48. The third-order valence-corrected chi connectivity index (χ3v) is 3.48. The van der Waals surface area contributed by atoms with Crippen LogP contribution >= 0.6 is 0 Å². The van der Waals surface area contributed by atoms with E-state index in [1.54, 1.807) is 6.92 Å². The number of aromatic nitrogens is 2. The van der Waals surface area contributed by atoms with Gasteiger partial charge in [-0.3, -0.25) is 0 Å². The number of halogens is 2. The molecule has 0 bridgehead atoms. The van der Waals surface area contributed by atoms with Crippen LogP contribution in [0.3, 0.4) is 0 Å². The van der Waals surface area contributed by atoms with Gasteiger partial charge in [-0.1, -0.05) is 18.1 Å². The molecular formula is C14H14F2N2O2. The van der Waals surface area contributed by atoms with Gasteiger partial charge in [0.15, 0.2) is 5.82 Å². The van der Waals surface area contributed by atoms with Gasteiger partial charge in [-0.25, -0.2) is 8.78 Å². The molecule has 0 N–H and O–H groups in total. The van der Waals surface area contributed by atoms with Crippen LogP contribution in [-0.4, -0.2) is 16.7 Å². The molecule has 0 unspecified atom stereocenters. The van der Waals surface area contributed by atoms with Crippen molar-refractivity contribution in [1.29, 1.82) is 0 Å². The zero-order valence-electron chi connectivity index (χ0n) is 11.0. The van der Waals surface area contributed by atoms with Crippen LogP contribution in [0.1, 0.15) is 49.1 Å². The summed E-state index contributed by atoms with van der Waals surface area (Å²) < 4.78 is 38.1. The van der Waals surface area contributed by atoms with Crippen LogP contribution in [0.25, 0.3) is 0 Å². The summed E-state index contributed by atoms with van der Waals surface area (Å²) in [5, 5.41) is 3.82. The Balaban J connectivity index is 1.89. The molecule has 1 saturated heterocycles. The highest BCUT2D eigenvalue weighted by Crippen LogP contribution is 2.31. The molecule has 0 saturated carbocycles. The molecule has 2 atom stereocenters. The van der Waals surface area contributed by atoms with Crippen molar-refractivity contribution in [2.24, 2.45) is 0 Å². The highest BCUT2D eigenvalue weighted by molar-refractivity contribution is 5.27. The zero-order chi connectivity index (χ0) is 14.1. The maximum absolute atomic E-state index is 13.7. The Kier molecular flexibility index (Phi) is 3.48. The van der Waals surface area contributed by atoms with E-state index in [9.17, 15) is 8.78 Å². The quantitative estimate of drug-likeness (QED) is 0.865. The molecule has 0 radical (unpaired) electrons. The van der Waals surface area contributed by atoms with Gasteiger partial charge in [-0.2, -0.15) is 4.98 Å². The first-order chi connectivity index (χ1) is 9.66. The number of hydrogen-bond acceptors (Lipinski definition) is 4. The Morgan fingerprint density at radius 2 is 2.05 bits per heavy atom. The van der Waals surface area contributed by atoms with Gasteiger partial charge in [-0.15, -0.1) is 0 Å². The van der Waals surface area contributed by atoms with E-state index in [4.69, 9.17) is 9.26 Å². The molecule has 2 heterocycles. The van der Waals surface area contributed by atoms with Gasteiger partial charge in [0.05, 0.1) is 5.92 Å². The molecule has 6 heteroatoms. The SMILES string of the molecule is C[C@H](c1noc([C@@H]2CCCO2)n1)c1c(F)cccc1F. The van der Waals surface area contributed by atoms with Crippen LogP contribution in [0.15, 0.2) is 22.7 Å². The predicted molar refractivity (Wildman–Crippen MR) is 66.1 cm³/mol. The molecule has 106 valence electrons. The summed E-state index contributed by atoms with van der Waals surface area (Å²) in [5.74, 6) is -1.20. The van der Waals surface area contributed by atoms with Crippen molar-refractivity contribution in [3.8, 4) is 0 Å². The van der Waals surface area contributed by atoms with Crippen LogP contribution in [0.4, 0.5) is 8.78 Å². The first kappa shape index (κ1) is 13.2. The van der Waals surface area contributed by atoms with Gasteiger partial charge in [0.25, 0.3) is 5.89 Å². The van der Waals surface area contributed by atoms with Crippen molar-refractivity contribution in [2.45, 2.75) is 31.8 Å². The molecule has 1 aromatic carbocycles. The molecule has 20 heavy (non-hydrogen) atoms. The van der Waals surface area contributed by atoms with Crippen LogP contribution in [0.5, 0.6) is 0 Å². The molecule has 0 aliphatic carbocycles. The second kappa shape index (κ2) is 5.28. The lowest BCUT2D eigenvalue weighted by atomic mass is 9.99. The second-order valence-electron chi connectivity index (χ2n) is 4.85. The van der Waals surface area contributed by atoms with E-state index >= 15 is 0 Å². The second-order valence-corrected chi connectivity index (χ2v) is 4.85. The molecule has 1 aromatic heterocycles. The Labute approximate surface area is 114 Å². The fourth-order valence-electron chi connectivity index (χ4n) is 2.38. The van der Waals surface area contributed by atoms with E-state index in [0.29, 0.717) is 12.5 Å². The monoisotopic (exact) mass is 280 g/mol.